The first-order valence-corrected chi connectivity index (χ1v) is 5.26. The van der Waals surface area contributed by atoms with Crippen LogP contribution in [0.3, 0.4) is 0 Å². The van der Waals surface area contributed by atoms with Gasteiger partial charge in [0.2, 0.25) is 0 Å². The Kier molecular flexibility index (Phi) is 5.44. The van der Waals surface area contributed by atoms with Crippen molar-refractivity contribution in [2.45, 2.75) is 32.5 Å². The molecular formula is C13H14F2O2. The average molecular weight is 240 g/mol. The number of ether oxygens (including phenoxy) is 1. The molecule has 92 valence electrons. The van der Waals surface area contributed by atoms with Crippen LogP contribution in [-0.2, 0) is 0 Å². The fourth-order valence-corrected chi connectivity index (χ4v) is 1.45. The molecule has 0 saturated heterocycles. The fourth-order valence-electron chi connectivity index (χ4n) is 1.45. The molecule has 1 aromatic rings. The zero-order valence-corrected chi connectivity index (χ0v) is 9.49. The highest BCUT2D eigenvalue weighted by molar-refractivity contribution is 5.35. The Morgan fingerprint density at radius 1 is 1.35 bits per heavy atom. The van der Waals surface area contributed by atoms with Crippen molar-refractivity contribution in [3.8, 4) is 17.6 Å². The van der Waals surface area contributed by atoms with Crippen molar-refractivity contribution in [3.63, 3.8) is 0 Å². The molecule has 0 heterocycles. The van der Waals surface area contributed by atoms with Gasteiger partial charge in [-0.3, -0.25) is 0 Å². The Labute approximate surface area is 99.2 Å². The largest absolute Gasteiger partial charge is 0.434 e. The molecule has 0 saturated carbocycles. The maximum Gasteiger partial charge on any atom is 0.387 e. The molecule has 17 heavy (non-hydrogen) atoms. The number of rotatable bonds is 5. The van der Waals surface area contributed by atoms with Crippen LogP contribution in [-0.4, -0.2) is 11.7 Å². The molecular weight excluding hydrogens is 226 g/mol. The van der Waals surface area contributed by atoms with E-state index in [-0.39, 0.29) is 5.75 Å². The molecule has 1 rings (SSSR count). The fraction of sp³-hybridized carbons (Fsp3) is 0.385. The summed E-state index contributed by atoms with van der Waals surface area (Å²) in [6.45, 7) is -1.18. The molecule has 0 aliphatic heterocycles. The number of aliphatic hydroxyl groups is 1. The molecule has 0 amide bonds. The maximum absolute atomic E-state index is 12.1. The summed E-state index contributed by atoms with van der Waals surface area (Å²) in [7, 11) is 0. The van der Waals surface area contributed by atoms with Crippen LogP contribution < -0.4 is 4.74 Å². The summed E-state index contributed by atoms with van der Waals surface area (Å²) in [6.07, 6.45) is 0.0660. The quantitative estimate of drug-likeness (QED) is 0.801. The summed E-state index contributed by atoms with van der Waals surface area (Å²) in [5.74, 6) is 5.53. The van der Waals surface area contributed by atoms with Crippen molar-refractivity contribution < 1.29 is 18.6 Å². The molecule has 1 aromatic carbocycles. The van der Waals surface area contributed by atoms with E-state index in [0.717, 1.165) is 0 Å². The van der Waals surface area contributed by atoms with Crippen LogP contribution in [0.2, 0.25) is 0 Å². The van der Waals surface area contributed by atoms with E-state index in [2.05, 4.69) is 16.6 Å². The van der Waals surface area contributed by atoms with Crippen LogP contribution in [0.5, 0.6) is 5.75 Å². The Morgan fingerprint density at radius 2 is 2.06 bits per heavy atom. The SMILES string of the molecule is CC#CCCC(O)c1ccccc1OC(F)F. The standard InChI is InChI=1S/C13H14F2O2/c1-2-3-4-8-11(16)10-7-5-6-9-12(10)17-13(14)15/h5-7,9,11,13,16H,4,8H2,1H3. The lowest BCUT2D eigenvalue weighted by Gasteiger charge is -2.14. The van der Waals surface area contributed by atoms with Gasteiger partial charge in [-0.1, -0.05) is 18.2 Å². The molecule has 1 N–H and O–H groups in total. The van der Waals surface area contributed by atoms with Crippen LogP contribution in [0, 0.1) is 11.8 Å². The van der Waals surface area contributed by atoms with E-state index in [4.69, 9.17) is 0 Å². The van der Waals surface area contributed by atoms with Gasteiger partial charge in [0.1, 0.15) is 5.75 Å². The van der Waals surface area contributed by atoms with Gasteiger partial charge in [-0.05, 0) is 19.4 Å². The number of aliphatic hydroxyl groups excluding tert-OH is 1. The van der Waals surface area contributed by atoms with E-state index in [1.807, 2.05) is 0 Å². The van der Waals surface area contributed by atoms with Crippen LogP contribution >= 0.6 is 0 Å². The summed E-state index contributed by atoms with van der Waals surface area (Å²) in [6, 6.07) is 6.24. The zero-order valence-electron chi connectivity index (χ0n) is 9.49. The second kappa shape index (κ2) is 6.87. The van der Waals surface area contributed by atoms with E-state index < -0.39 is 12.7 Å². The van der Waals surface area contributed by atoms with Crippen molar-refractivity contribution in [2.24, 2.45) is 0 Å². The molecule has 1 unspecified atom stereocenters. The second-order valence-electron chi connectivity index (χ2n) is 3.40. The lowest BCUT2D eigenvalue weighted by Crippen LogP contribution is -2.07. The number of alkyl halides is 2. The lowest BCUT2D eigenvalue weighted by molar-refractivity contribution is -0.0516. The molecule has 0 aliphatic carbocycles. The Balaban J connectivity index is 2.76. The maximum atomic E-state index is 12.1. The van der Waals surface area contributed by atoms with E-state index in [9.17, 15) is 13.9 Å². The Morgan fingerprint density at radius 3 is 2.71 bits per heavy atom. The van der Waals surface area contributed by atoms with Gasteiger partial charge in [0.05, 0.1) is 6.10 Å². The van der Waals surface area contributed by atoms with Gasteiger partial charge in [0.25, 0.3) is 0 Å². The minimum absolute atomic E-state index is 0.0134. The second-order valence-corrected chi connectivity index (χ2v) is 3.40. The number of hydrogen-bond donors (Lipinski definition) is 1. The first-order chi connectivity index (χ1) is 8.15. The van der Waals surface area contributed by atoms with E-state index in [1.165, 1.54) is 6.07 Å². The predicted octanol–water partition coefficient (Wildman–Crippen LogP) is 3.12. The highest BCUT2D eigenvalue weighted by Crippen LogP contribution is 2.28. The number of para-hydroxylation sites is 1. The van der Waals surface area contributed by atoms with E-state index in [1.54, 1.807) is 25.1 Å². The molecule has 1 atom stereocenters. The summed E-state index contributed by atoms with van der Waals surface area (Å²) in [4.78, 5) is 0. The Bertz CT molecular complexity index is 407. The van der Waals surface area contributed by atoms with Crippen molar-refractivity contribution in [1.82, 2.24) is 0 Å². The summed E-state index contributed by atoms with van der Waals surface area (Å²) >= 11 is 0. The monoisotopic (exact) mass is 240 g/mol. The molecule has 0 aromatic heterocycles. The minimum Gasteiger partial charge on any atom is -0.434 e. The Hall–Kier alpha value is -1.60. The molecule has 0 bridgehead atoms. The van der Waals surface area contributed by atoms with E-state index in [0.29, 0.717) is 18.4 Å². The van der Waals surface area contributed by atoms with Gasteiger partial charge in [0.15, 0.2) is 0 Å². The van der Waals surface area contributed by atoms with Gasteiger partial charge in [0, 0.05) is 12.0 Å². The first-order valence-electron chi connectivity index (χ1n) is 5.26. The topological polar surface area (TPSA) is 29.5 Å². The summed E-state index contributed by atoms with van der Waals surface area (Å²) < 4.78 is 28.6. The van der Waals surface area contributed by atoms with Crippen LogP contribution in [0.4, 0.5) is 8.78 Å². The number of halogens is 2. The highest BCUT2D eigenvalue weighted by Gasteiger charge is 2.15. The normalized spacial score (nSPS) is 11.8. The highest BCUT2D eigenvalue weighted by atomic mass is 19.3. The lowest BCUT2D eigenvalue weighted by atomic mass is 10.0. The minimum atomic E-state index is -2.89. The first kappa shape index (κ1) is 13.5. The van der Waals surface area contributed by atoms with Gasteiger partial charge in [-0.15, -0.1) is 11.8 Å². The number of benzene rings is 1. The molecule has 0 aliphatic rings. The smallest absolute Gasteiger partial charge is 0.387 e. The van der Waals surface area contributed by atoms with Crippen molar-refractivity contribution in [1.29, 1.82) is 0 Å². The zero-order chi connectivity index (χ0) is 12.7. The third-order valence-corrected chi connectivity index (χ3v) is 2.21. The van der Waals surface area contributed by atoms with Crippen molar-refractivity contribution >= 4 is 0 Å². The summed E-state index contributed by atoms with van der Waals surface area (Å²) in [5, 5.41) is 9.85. The molecule has 2 nitrogen and oxygen atoms in total. The van der Waals surface area contributed by atoms with Crippen LogP contribution in [0.25, 0.3) is 0 Å². The average Bonchev–Trinajstić information content (AvgIpc) is 2.29. The third kappa shape index (κ3) is 4.41. The molecule has 4 heteroatoms. The van der Waals surface area contributed by atoms with Gasteiger partial charge in [-0.2, -0.15) is 8.78 Å². The molecule has 0 radical (unpaired) electrons. The third-order valence-electron chi connectivity index (χ3n) is 2.21. The van der Waals surface area contributed by atoms with Crippen molar-refractivity contribution in [2.75, 3.05) is 0 Å². The van der Waals surface area contributed by atoms with Gasteiger partial charge in [-0.25, -0.2) is 0 Å². The van der Waals surface area contributed by atoms with Crippen LogP contribution in [0.15, 0.2) is 24.3 Å². The molecule has 0 fully saturated rings. The predicted molar refractivity (Wildman–Crippen MR) is 60.7 cm³/mol. The summed E-state index contributed by atoms with van der Waals surface area (Å²) in [5.41, 5.74) is 0.366. The molecule has 0 spiro atoms. The number of hydrogen-bond acceptors (Lipinski definition) is 2. The van der Waals surface area contributed by atoms with Crippen molar-refractivity contribution in [3.05, 3.63) is 29.8 Å². The van der Waals surface area contributed by atoms with Gasteiger partial charge < -0.3 is 9.84 Å². The van der Waals surface area contributed by atoms with Crippen LogP contribution in [0.1, 0.15) is 31.4 Å². The van der Waals surface area contributed by atoms with Gasteiger partial charge >= 0.3 is 6.61 Å². The van der Waals surface area contributed by atoms with E-state index >= 15 is 0 Å².